The molecule has 0 aliphatic heterocycles. The van der Waals surface area contributed by atoms with Crippen LogP contribution in [-0.2, 0) is 6.42 Å². The van der Waals surface area contributed by atoms with Crippen LogP contribution in [0, 0.1) is 5.82 Å². The minimum atomic E-state index is -0.424. The van der Waals surface area contributed by atoms with Gasteiger partial charge in [0.2, 0.25) is 0 Å². The van der Waals surface area contributed by atoms with E-state index in [4.69, 9.17) is 11.6 Å². The second-order valence-electron chi connectivity index (χ2n) is 7.14. The maximum Gasteiger partial charge on any atom is 0.258 e. The maximum atomic E-state index is 13.8. The van der Waals surface area contributed by atoms with Crippen LogP contribution in [0.1, 0.15) is 22.3 Å². The normalized spacial score (nSPS) is 10.9. The van der Waals surface area contributed by atoms with Crippen molar-refractivity contribution in [3.05, 3.63) is 99.3 Å². The molecule has 2 N–H and O–H groups in total. The summed E-state index contributed by atoms with van der Waals surface area (Å²) in [5, 5.41) is 3.93. The molecule has 3 aromatic carbocycles. The summed E-state index contributed by atoms with van der Waals surface area (Å²) in [4.78, 5) is 31.9. The summed E-state index contributed by atoms with van der Waals surface area (Å²) in [6, 6.07) is 16.7. The van der Waals surface area contributed by atoms with E-state index in [0.29, 0.717) is 39.2 Å². The van der Waals surface area contributed by atoms with Crippen molar-refractivity contribution in [3.63, 3.8) is 0 Å². The number of carbonyl (C=O) groups excluding carboxylic acids is 1. The number of fused-ring (bicyclic) bond motifs is 1. The number of amides is 1. The zero-order valence-electron chi connectivity index (χ0n) is 16.5. The van der Waals surface area contributed by atoms with E-state index < -0.39 is 5.82 Å². The molecule has 7 heteroatoms. The molecule has 0 unspecified atom stereocenters. The number of halogens is 2. The van der Waals surface area contributed by atoms with Crippen LogP contribution in [0.25, 0.3) is 22.0 Å². The van der Waals surface area contributed by atoms with Crippen LogP contribution in [0.4, 0.5) is 4.39 Å². The van der Waals surface area contributed by atoms with Crippen molar-refractivity contribution in [3.8, 4) is 11.1 Å². The second-order valence-corrected chi connectivity index (χ2v) is 7.58. The lowest BCUT2D eigenvalue weighted by atomic mass is 9.97. The molecule has 4 rings (SSSR count). The number of nitrogens with one attached hydrogen (secondary N) is 2. The van der Waals surface area contributed by atoms with Gasteiger partial charge in [0.15, 0.2) is 0 Å². The molecule has 0 aliphatic rings. The highest BCUT2D eigenvalue weighted by atomic mass is 35.5. The Labute approximate surface area is 182 Å². The molecular weight excluding hydrogens is 417 g/mol. The number of nitrogens with zero attached hydrogens (tertiary/aromatic N) is 1. The summed E-state index contributed by atoms with van der Waals surface area (Å²) in [6.07, 6.45) is 2.83. The van der Waals surface area contributed by atoms with Gasteiger partial charge < -0.3 is 10.3 Å². The molecular formula is C24H19ClFN3O2. The highest BCUT2D eigenvalue weighted by Crippen LogP contribution is 2.27. The van der Waals surface area contributed by atoms with Crippen LogP contribution in [0.3, 0.4) is 0 Å². The summed E-state index contributed by atoms with van der Waals surface area (Å²) in [6.45, 7) is 0.463. The smallest absolute Gasteiger partial charge is 0.258 e. The van der Waals surface area contributed by atoms with Gasteiger partial charge in [-0.2, -0.15) is 0 Å². The molecule has 4 aromatic rings. The molecule has 156 valence electrons. The number of rotatable bonds is 6. The van der Waals surface area contributed by atoms with Gasteiger partial charge in [0.05, 0.1) is 17.2 Å². The summed E-state index contributed by atoms with van der Waals surface area (Å²) in [5.41, 5.74) is 2.53. The molecule has 31 heavy (non-hydrogen) atoms. The SMILES string of the molecule is O=C(NCCCc1ccc(Cl)cc1)c1cc2nc[nH]c(=O)c2cc1-c1cccc(F)c1. The number of aromatic nitrogens is 2. The van der Waals surface area contributed by atoms with Crippen LogP contribution in [-0.4, -0.2) is 22.4 Å². The van der Waals surface area contributed by atoms with Crippen molar-refractivity contribution in [2.75, 3.05) is 6.54 Å². The number of aryl methyl sites for hydroxylation is 1. The van der Waals surface area contributed by atoms with Crippen molar-refractivity contribution in [2.45, 2.75) is 12.8 Å². The highest BCUT2D eigenvalue weighted by molar-refractivity contribution is 6.30. The van der Waals surface area contributed by atoms with E-state index in [1.54, 1.807) is 24.3 Å². The summed E-state index contributed by atoms with van der Waals surface area (Å²) >= 11 is 5.90. The minimum absolute atomic E-state index is 0.306. The van der Waals surface area contributed by atoms with Gasteiger partial charge in [0.25, 0.3) is 11.5 Å². The molecule has 0 aliphatic carbocycles. The third kappa shape index (κ3) is 4.81. The Bertz CT molecular complexity index is 1300. The molecule has 1 amide bonds. The zero-order chi connectivity index (χ0) is 21.8. The average Bonchev–Trinajstić information content (AvgIpc) is 2.77. The predicted molar refractivity (Wildman–Crippen MR) is 120 cm³/mol. The van der Waals surface area contributed by atoms with Crippen molar-refractivity contribution in [1.29, 1.82) is 0 Å². The summed E-state index contributed by atoms with van der Waals surface area (Å²) < 4.78 is 13.8. The molecule has 0 saturated carbocycles. The third-order valence-electron chi connectivity index (χ3n) is 5.00. The highest BCUT2D eigenvalue weighted by Gasteiger charge is 2.16. The number of aromatic amines is 1. The number of hydrogen-bond donors (Lipinski definition) is 2. The van der Waals surface area contributed by atoms with Gasteiger partial charge in [-0.1, -0.05) is 35.9 Å². The lowest BCUT2D eigenvalue weighted by Gasteiger charge is -2.12. The maximum absolute atomic E-state index is 13.8. The molecule has 5 nitrogen and oxygen atoms in total. The summed E-state index contributed by atoms with van der Waals surface area (Å²) in [5.74, 6) is -0.730. The van der Waals surface area contributed by atoms with Crippen LogP contribution >= 0.6 is 11.6 Å². The Morgan fingerprint density at radius 2 is 1.90 bits per heavy atom. The van der Waals surface area contributed by atoms with Gasteiger partial charge in [-0.15, -0.1) is 0 Å². The van der Waals surface area contributed by atoms with Crippen LogP contribution in [0.2, 0.25) is 5.02 Å². The van der Waals surface area contributed by atoms with E-state index >= 15 is 0 Å². The lowest BCUT2D eigenvalue weighted by Crippen LogP contribution is -2.25. The Balaban J connectivity index is 1.59. The minimum Gasteiger partial charge on any atom is -0.352 e. The van der Waals surface area contributed by atoms with E-state index in [9.17, 15) is 14.0 Å². The molecule has 0 saturated heterocycles. The fraction of sp³-hybridized carbons (Fsp3) is 0.125. The van der Waals surface area contributed by atoms with E-state index in [1.165, 1.54) is 18.5 Å². The third-order valence-corrected chi connectivity index (χ3v) is 5.25. The van der Waals surface area contributed by atoms with Gasteiger partial charge >= 0.3 is 0 Å². The van der Waals surface area contributed by atoms with Gasteiger partial charge in [-0.05, 0) is 65.9 Å². The van der Waals surface area contributed by atoms with Crippen molar-refractivity contribution in [2.24, 2.45) is 0 Å². The first-order valence-corrected chi connectivity index (χ1v) is 10.2. The van der Waals surface area contributed by atoms with E-state index in [1.807, 2.05) is 24.3 Å². The molecule has 0 fully saturated rings. The standard InChI is InChI=1S/C24H19ClFN3O2/c25-17-8-6-15(7-9-17)3-2-10-27-23(30)20-13-22-21(24(31)29-14-28-22)12-19(20)16-4-1-5-18(26)11-16/h1,4-9,11-14H,2-3,10H2,(H,27,30)(H,28,29,31). The number of H-pyrrole nitrogens is 1. The van der Waals surface area contributed by atoms with Crippen molar-refractivity contribution in [1.82, 2.24) is 15.3 Å². The Morgan fingerprint density at radius 3 is 2.68 bits per heavy atom. The first-order valence-electron chi connectivity index (χ1n) is 9.81. The Morgan fingerprint density at radius 1 is 1.10 bits per heavy atom. The molecule has 1 heterocycles. The second kappa shape index (κ2) is 9.10. The fourth-order valence-corrected chi connectivity index (χ4v) is 3.56. The van der Waals surface area contributed by atoms with Gasteiger partial charge in [-0.25, -0.2) is 9.37 Å². The first-order chi connectivity index (χ1) is 15.0. The van der Waals surface area contributed by atoms with Crippen molar-refractivity contribution >= 4 is 28.4 Å². The lowest BCUT2D eigenvalue weighted by molar-refractivity contribution is 0.0954. The molecule has 0 atom stereocenters. The van der Waals surface area contributed by atoms with E-state index in [2.05, 4.69) is 15.3 Å². The number of benzene rings is 3. The topological polar surface area (TPSA) is 74.8 Å². The average molecular weight is 436 g/mol. The predicted octanol–water partition coefficient (Wildman–Crippen LogP) is 4.75. The van der Waals surface area contributed by atoms with Gasteiger partial charge in [0.1, 0.15) is 5.82 Å². The van der Waals surface area contributed by atoms with Crippen LogP contribution < -0.4 is 10.9 Å². The quantitative estimate of drug-likeness (QED) is 0.429. The van der Waals surface area contributed by atoms with Crippen LogP contribution in [0.5, 0.6) is 0 Å². The monoisotopic (exact) mass is 435 g/mol. The van der Waals surface area contributed by atoms with E-state index in [-0.39, 0.29) is 11.5 Å². The van der Waals surface area contributed by atoms with Gasteiger partial charge in [0, 0.05) is 17.1 Å². The number of hydrogen-bond acceptors (Lipinski definition) is 3. The molecule has 0 spiro atoms. The Hall–Kier alpha value is -3.51. The molecule has 0 radical (unpaired) electrons. The van der Waals surface area contributed by atoms with Gasteiger partial charge in [-0.3, -0.25) is 9.59 Å². The van der Waals surface area contributed by atoms with Crippen molar-refractivity contribution < 1.29 is 9.18 Å². The first kappa shape index (κ1) is 20.8. The summed E-state index contributed by atoms with van der Waals surface area (Å²) in [7, 11) is 0. The molecule has 1 aromatic heterocycles. The Kier molecular flexibility index (Phi) is 6.09. The molecule has 0 bridgehead atoms. The number of carbonyl (C=O) groups is 1. The largest absolute Gasteiger partial charge is 0.352 e. The van der Waals surface area contributed by atoms with Crippen LogP contribution in [0.15, 0.2) is 71.8 Å². The van der Waals surface area contributed by atoms with E-state index in [0.717, 1.165) is 18.4 Å². The fourth-order valence-electron chi connectivity index (χ4n) is 3.44. The zero-order valence-corrected chi connectivity index (χ0v) is 17.2.